The van der Waals surface area contributed by atoms with E-state index in [4.69, 9.17) is 0 Å². The maximum atomic E-state index is 12.6. The van der Waals surface area contributed by atoms with E-state index in [-0.39, 0.29) is 11.8 Å². The summed E-state index contributed by atoms with van der Waals surface area (Å²) in [6, 6.07) is 7.87. The highest BCUT2D eigenvalue weighted by molar-refractivity contribution is 5.94. The second-order valence-corrected chi connectivity index (χ2v) is 5.92. The number of rotatable bonds is 5. The van der Waals surface area contributed by atoms with Crippen molar-refractivity contribution < 1.29 is 9.59 Å². The fraction of sp³-hybridized carbons (Fsp3) is 0.556. The van der Waals surface area contributed by atoms with Crippen molar-refractivity contribution >= 4 is 17.5 Å². The monoisotopic (exact) mass is 317 g/mol. The Morgan fingerprint density at radius 3 is 2.04 bits per heavy atom. The Morgan fingerprint density at radius 2 is 1.57 bits per heavy atom. The Kier molecular flexibility index (Phi) is 6.02. The van der Waals surface area contributed by atoms with Crippen LogP contribution in [0.25, 0.3) is 0 Å². The van der Waals surface area contributed by atoms with E-state index in [0.29, 0.717) is 26.2 Å². The van der Waals surface area contributed by atoms with Crippen LogP contribution in [-0.2, 0) is 4.79 Å². The van der Waals surface area contributed by atoms with Gasteiger partial charge in [0.2, 0.25) is 5.91 Å². The molecule has 2 rings (SSSR count). The van der Waals surface area contributed by atoms with E-state index in [1.54, 1.807) is 11.8 Å². The van der Waals surface area contributed by atoms with Gasteiger partial charge in [0.25, 0.3) is 5.91 Å². The summed E-state index contributed by atoms with van der Waals surface area (Å²) in [5, 5.41) is 0. The molecule has 0 bridgehead atoms. The molecule has 5 nitrogen and oxygen atoms in total. The highest BCUT2D eigenvalue weighted by Gasteiger charge is 2.23. The molecule has 0 aromatic heterocycles. The SMILES string of the molecule is CCCN(CC)c1ccc(C(=O)N2CCN(C(C)=O)CC2)cc1. The molecule has 1 aliphatic heterocycles. The first-order chi connectivity index (χ1) is 11.1. The predicted octanol–water partition coefficient (Wildman–Crippen LogP) is 2.23. The summed E-state index contributed by atoms with van der Waals surface area (Å²) in [5.74, 6) is 0.135. The topological polar surface area (TPSA) is 43.9 Å². The Morgan fingerprint density at radius 1 is 1.00 bits per heavy atom. The van der Waals surface area contributed by atoms with E-state index in [2.05, 4.69) is 18.7 Å². The second-order valence-electron chi connectivity index (χ2n) is 5.92. The van der Waals surface area contributed by atoms with Crippen LogP contribution in [0.3, 0.4) is 0 Å². The lowest BCUT2D eigenvalue weighted by atomic mass is 10.1. The van der Waals surface area contributed by atoms with Crippen molar-refractivity contribution in [1.82, 2.24) is 9.80 Å². The molecule has 0 radical (unpaired) electrons. The average molecular weight is 317 g/mol. The van der Waals surface area contributed by atoms with Gasteiger partial charge >= 0.3 is 0 Å². The van der Waals surface area contributed by atoms with Crippen molar-refractivity contribution in [3.05, 3.63) is 29.8 Å². The Balaban J connectivity index is 1.99. The van der Waals surface area contributed by atoms with Gasteiger partial charge in [0.15, 0.2) is 0 Å². The maximum absolute atomic E-state index is 12.6. The number of benzene rings is 1. The molecule has 1 fully saturated rings. The Bertz CT molecular complexity index is 534. The van der Waals surface area contributed by atoms with E-state index < -0.39 is 0 Å². The molecule has 0 unspecified atom stereocenters. The molecular weight excluding hydrogens is 290 g/mol. The van der Waals surface area contributed by atoms with Gasteiger partial charge in [-0.15, -0.1) is 0 Å². The quantitative estimate of drug-likeness (QED) is 0.836. The molecule has 1 saturated heterocycles. The van der Waals surface area contributed by atoms with Crippen molar-refractivity contribution in [3.63, 3.8) is 0 Å². The van der Waals surface area contributed by atoms with Gasteiger partial charge in [-0.1, -0.05) is 6.92 Å². The zero-order chi connectivity index (χ0) is 16.8. The fourth-order valence-corrected chi connectivity index (χ4v) is 2.96. The van der Waals surface area contributed by atoms with Gasteiger partial charge in [-0.25, -0.2) is 0 Å². The van der Waals surface area contributed by atoms with Crippen molar-refractivity contribution in [3.8, 4) is 0 Å². The third kappa shape index (κ3) is 4.24. The van der Waals surface area contributed by atoms with Crippen LogP contribution >= 0.6 is 0 Å². The molecule has 2 amide bonds. The lowest BCUT2D eigenvalue weighted by molar-refractivity contribution is -0.130. The molecule has 5 heteroatoms. The largest absolute Gasteiger partial charge is 0.372 e. The molecule has 0 spiro atoms. The average Bonchev–Trinajstić information content (AvgIpc) is 2.59. The highest BCUT2D eigenvalue weighted by Crippen LogP contribution is 2.17. The maximum Gasteiger partial charge on any atom is 0.253 e. The summed E-state index contributed by atoms with van der Waals surface area (Å²) in [6.07, 6.45) is 1.11. The van der Waals surface area contributed by atoms with Crippen LogP contribution in [0.5, 0.6) is 0 Å². The number of carbonyl (C=O) groups is 2. The van der Waals surface area contributed by atoms with Gasteiger partial charge in [0.05, 0.1) is 0 Å². The Hall–Kier alpha value is -2.04. The highest BCUT2D eigenvalue weighted by atomic mass is 16.2. The number of hydrogen-bond donors (Lipinski definition) is 0. The van der Waals surface area contributed by atoms with E-state index in [0.717, 1.165) is 30.8 Å². The predicted molar refractivity (Wildman–Crippen MR) is 92.8 cm³/mol. The summed E-state index contributed by atoms with van der Waals surface area (Å²) < 4.78 is 0. The lowest BCUT2D eigenvalue weighted by Gasteiger charge is -2.34. The molecular formula is C18H27N3O2. The number of carbonyl (C=O) groups excluding carboxylic acids is 2. The number of piperazine rings is 1. The van der Waals surface area contributed by atoms with Gasteiger partial charge in [0, 0.05) is 57.4 Å². The van der Waals surface area contributed by atoms with Crippen LogP contribution in [0.2, 0.25) is 0 Å². The minimum atomic E-state index is 0.0540. The van der Waals surface area contributed by atoms with E-state index in [1.165, 1.54) is 0 Å². The summed E-state index contributed by atoms with van der Waals surface area (Å²) >= 11 is 0. The van der Waals surface area contributed by atoms with Crippen LogP contribution in [-0.4, -0.2) is 60.9 Å². The number of anilines is 1. The van der Waals surface area contributed by atoms with Crippen LogP contribution in [0.15, 0.2) is 24.3 Å². The summed E-state index contributed by atoms with van der Waals surface area (Å²) in [6.45, 7) is 10.3. The van der Waals surface area contributed by atoms with Gasteiger partial charge in [-0.3, -0.25) is 9.59 Å². The van der Waals surface area contributed by atoms with Crippen LogP contribution in [0.4, 0.5) is 5.69 Å². The molecule has 1 heterocycles. The summed E-state index contributed by atoms with van der Waals surface area (Å²) in [5.41, 5.74) is 1.88. The van der Waals surface area contributed by atoms with E-state index in [9.17, 15) is 9.59 Å². The molecule has 23 heavy (non-hydrogen) atoms. The first-order valence-corrected chi connectivity index (χ1v) is 8.46. The minimum Gasteiger partial charge on any atom is -0.372 e. The third-order valence-electron chi connectivity index (χ3n) is 4.37. The molecule has 1 aromatic carbocycles. The van der Waals surface area contributed by atoms with Gasteiger partial charge in [-0.2, -0.15) is 0 Å². The molecule has 0 saturated carbocycles. The number of amides is 2. The second kappa shape index (κ2) is 7.99. The molecule has 0 aliphatic carbocycles. The smallest absolute Gasteiger partial charge is 0.253 e. The van der Waals surface area contributed by atoms with E-state index >= 15 is 0 Å². The first kappa shape index (κ1) is 17.3. The van der Waals surface area contributed by atoms with Crippen molar-refractivity contribution in [2.24, 2.45) is 0 Å². The van der Waals surface area contributed by atoms with Gasteiger partial charge < -0.3 is 14.7 Å². The molecule has 0 N–H and O–H groups in total. The molecule has 1 aromatic rings. The first-order valence-electron chi connectivity index (χ1n) is 8.46. The normalized spacial score (nSPS) is 14.7. The van der Waals surface area contributed by atoms with Crippen LogP contribution in [0.1, 0.15) is 37.6 Å². The number of nitrogens with zero attached hydrogens (tertiary/aromatic N) is 3. The fourth-order valence-electron chi connectivity index (χ4n) is 2.96. The molecule has 0 atom stereocenters. The molecule has 126 valence electrons. The lowest BCUT2D eigenvalue weighted by Crippen LogP contribution is -2.50. The standard InChI is InChI=1S/C18H27N3O2/c1-4-10-19(5-2)17-8-6-16(7-9-17)18(23)21-13-11-20(12-14-21)15(3)22/h6-9H,4-5,10-14H2,1-3H3. The number of hydrogen-bond acceptors (Lipinski definition) is 3. The van der Waals surface area contributed by atoms with E-state index in [1.807, 2.05) is 29.2 Å². The Labute approximate surface area is 138 Å². The van der Waals surface area contributed by atoms with Crippen molar-refractivity contribution in [2.75, 3.05) is 44.2 Å². The minimum absolute atomic E-state index is 0.0540. The van der Waals surface area contributed by atoms with Gasteiger partial charge in [-0.05, 0) is 37.6 Å². The van der Waals surface area contributed by atoms with Crippen molar-refractivity contribution in [1.29, 1.82) is 0 Å². The third-order valence-corrected chi connectivity index (χ3v) is 4.37. The summed E-state index contributed by atoms with van der Waals surface area (Å²) in [7, 11) is 0. The van der Waals surface area contributed by atoms with Crippen LogP contribution in [0, 0.1) is 0 Å². The zero-order valence-corrected chi connectivity index (χ0v) is 14.4. The molecule has 1 aliphatic rings. The van der Waals surface area contributed by atoms with Crippen LogP contribution < -0.4 is 4.90 Å². The zero-order valence-electron chi connectivity index (χ0n) is 14.4. The van der Waals surface area contributed by atoms with Gasteiger partial charge in [0.1, 0.15) is 0 Å². The summed E-state index contributed by atoms with van der Waals surface area (Å²) in [4.78, 5) is 29.8. The van der Waals surface area contributed by atoms with Crippen molar-refractivity contribution in [2.45, 2.75) is 27.2 Å².